The summed E-state index contributed by atoms with van der Waals surface area (Å²) in [6, 6.07) is 12.6. The summed E-state index contributed by atoms with van der Waals surface area (Å²) in [5, 5.41) is 14.1. The Balaban J connectivity index is 1.89. The summed E-state index contributed by atoms with van der Waals surface area (Å²) in [4.78, 5) is 26.3. The summed E-state index contributed by atoms with van der Waals surface area (Å²) in [5.74, 6) is -0.255. The van der Waals surface area contributed by atoms with Crippen LogP contribution in [0.15, 0.2) is 53.7 Å². The first-order valence-corrected chi connectivity index (χ1v) is 6.93. The van der Waals surface area contributed by atoms with E-state index in [0.29, 0.717) is 11.3 Å². The summed E-state index contributed by atoms with van der Waals surface area (Å²) in [5.41, 5.74) is 6.98. The zero-order valence-electron chi connectivity index (χ0n) is 12.8. The fourth-order valence-corrected chi connectivity index (χ4v) is 1.78. The molecule has 8 nitrogen and oxygen atoms in total. The molecule has 0 spiro atoms. The van der Waals surface area contributed by atoms with Gasteiger partial charge in [-0.1, -0.05) is 17.3 Å². The Morgan fingerprint density at radius 1 is 1.25 bits per heavy atom. The maximum absolute atomic E-state index is 11.6. The van der Waals surface area contributed by atoms with Crippen molar-refractivity contribution in [2.45, 2.75) is 6.92 Å². The van der Waals surface area contributed by atoms with Crippen LogP contribution in [0.2, 0.25) is 0 Å². The number of hydrogen-bond donors (Lipinski definition) is 1. The molecule has 2 aromatic carbocycles. The zero-order chi connectivity index (χ0) is 17.5. The van der Waals surface area contributed by atoms with Gasteiger partial charge in [0.2, 0.25) is 0 Å². The number of hydrogen-bond acceptors (Lipinski definition) is 6. The molecule has 0 aliphatic carbocycles. The number of carbonyl (C=O) groups excluding carboxylic acids is 1. The van der Waals surface area contributed by atoms with Crippen molar-refractivity contribution in [2.75, 3.05) is 6.61 Å². The molecule has 0 aromatic heterocycles. The topological polar surface area (TPSA) is 117 Å². The van der Waals surface area contributed by atoms with E-state index in [2.05, 4.69) is 9.99 Å². The molecule has 0 aliphatic heterocycles. The van der Waals surface area contributed by atoms with Gasteiger partial charge in [-0.15, -0.1) is 0 Å². The van der Waals surface area contributed by atoms with Gasteiger partial charge in [0.1, 0.15) is 5.75 Å². The van der Waals surface area contributed by atoms with Gasteiger partial charge in [-0.3, -0.25) is 10.1 Å². The van der Waals surface area contributed by atoms with Crippen molar-refractivity contribution in [3.8, 4) is 5.75 Å². The van der Waals surface area contributed by atoms with Crippen molar-refractivity contribution < 1.29 is 19.3 Å². The van der Waals surface area contributed by atoms with Crippen LogP contribution in [0.4, 0.5) is 5.69 Å². The second-order valence-corrected chi connectivity index (χ2v) is 4.85. The maximum Gasteiger partial charge on any atom is 0.372 e. The number of nitrogens with two attached hydrogens (primary N) is 1. The predicted molar refractivity (Wildman–Crippen MR) is 86.6 cm³/mol. The normalized spacial score (nSPS) is 11.0. The summed E-state index contributed by atoms with van der Waals surface area (Å²) in [6.45, 7) is 1.58. The number of nitro groups is 1. The third-order valence-electron chi connectivity index (χ3n) is 2.97. The molecule has 0 heterocycles. The van der Waals surface area contributed by atoms with E-state index in [9.17, 15) is 14.9 Å². The van der Waals surface area contributed by atoms with E-state index in [0.717, 1.165) is 5.56 Å². The number of oxime groups is 1. The van der Waals surface area contributed by atoms with Crippen molar-refractivity contribution in [1.82, 2.24) is 0 Å². The van der Waals surface area contributed by atoms with Crippen LogP contribution in [0.25, 0.3) is 0 Å². The van der Waals surface area contributed by atoms with Gasteiger partial charge in [0.25, 0.3) is 5.69 Å². The highest BCUT2D eigenvalue weighted by Gasteiger charge is 2.08. The average Bonchev–Trinajstić information content (AvgIpc) is 2.58. The Morgan fingerprint density at radius 2 is 1.96 bits per heavy atom. The lowest BCUT2D eigenvalue weighted by Gasteiger charge is -2.05. The molecule has 0 bridgehead atoms. The van der Waals surface area contributed by atoms with E-state index in [-0.39, 0.29) is 18.1 Å². The maximum atomic E-state index is 11.6. The minimum Gasteiger partial charge on any atom is -0.482 e. The van der Waals surface area contributed by atoms with Crippen molar-refractivity contribution in [1.29, 1.82) is 0 Å². The van der Waals surface area contributed by atoms with Crippen LogP contribution in [-0.4, -0.2) is 23.3 Å². The van der Waals surface area contributed by atoms with Crippen LogP contribution in [0.5, 0.6) is 5.75 Å². The Bertz CT molecular complexity index is 772. The van der Waals surface area contributed by atoms with Gasteiger partial charge in [0, 0.05) is 17.7 Å². The van der Waals surface area contributed by atoms with E-state index in [1.54, 1.807) is 18.2 Å². The molecule has 2 rings (SSSR count). The fraction of sp³-hybridized carbons (Fsp3) is 0.125. The molecule has 8 heteroatoms. The molecule has 0 unspecified atom stereocenters. The first kappa shape index (κ1) is 16.9. The number of nitro benzene ring substituents is 1. The van der Waals surface area contributed by atoms with Crippen molar-refractivity contribution in [2.24, 2.45) is 10.9 Å². The molecule has 0 saturated heterocycles. The molecule has 2 aromatic rings. The summed E-state index contributed by atoms with van der Waals surface area (Å²) >= 11 is 0. The molecular formula is C16H15N3O5. The number of ether oxygens (including phenoxy) is 1. The molecule has 0 saturated carbocycles. The quantitative estimate of drug-likeness (QED) is 0.285. The van der Waals surface area contributed by atoms with Crippen LogP contribution < -0.4 is 10.5 Å². The van der Waals surface area contributed by atoms with Gasteiger partial charge in [-0.2, -0.15) is 0 Å². The van der Waals surface area contributed by atoms with E-state index < -0.39 is 10.9 Å². The van der Waals surface area contributed by atoms with Gasteiger partial charge in [0.15, 0.2) is 12.4 Å². The lowest BCUT2D eigenvalue weighted by Crippen LogP contribution is -2.18. The highest BCUT2D eigenvalue weighted by Crippen LogP contribution is 2.13. The van der Waals surface area contributed by atoms with E-state index in [1.165, 1.54) is 24.3 Å². The molecule has 0 radical (unpaired) electrons. The number of nitrogens with zero attached hydrogens (tertiary/aromatic N) is 2. The Hall–Kier alpha value is -3.42. The summed E-state index contributed by atoms with van der Waals surface area (Å²) < 4.78 is 5.27. The highest BCUT2D eigenvalue weighted by atomic mass is 16.7. The monoisotopic (exact) mass is 329 g/mol. The van der Waals surface area contributed by atoms with Gasteiger partial charge < -0.3 is 15.3 Å². The third-order valence-corrected chi connectivity index (χ3v) is 2.97. The van der Waals surface area contributed by atoms with Crippen molar-refractivity contribution in [3.63, 3.8) is 0 Å². The van der Waals surface area contributed by atoms with Crippen LogP contribution in [-0.2, 0) is 9.63 Å². The minimum absolute atomic E-state index is 0.0740. The van der Waals surface area contributed by atoms with Gasteiger partial charge >= 0.3 is 5.97 Å². The number of non-ortho nitro benzene ring substituents is 1. The lowest BCUT2D eigenvalue weighted by molar-refractivity contribution is -0.384. The summed E-state index contributed by atoms with van der Waals surface area (Å²) in [6.07, 6.45) is 0. The van der Waals surface area contributed by atoms with Crippen LogP contribution in [0, 0.1) is 17.0 Å². The first-order valence-electron chi connectivity index (χ1n) is 6.93. The van der Waals surface area contributed by atoms with Gasteiger partial charge in [-0.05, 0) is 36.8 Å². The number of carbonyl (C=O) groups is 1. The number of aryl methyl sites for hydroxylation is 1. The molecule has 24 heavy (non-hydrogen) atoms. The van der Waals surface area contributed by atoms with E-state index in [4.69, 9.17) is 10.5 Å². The van der Waals surface area contributed by atoms with E-state index in [1.807, 2.05) is 13.0 Å². The lowest BCUT2D eigenvalue weighted by atomic mass is 10.2. The Kier molecular flexibility index (Phi) is 5.45. The van der Waals surface area contributed by atoms with Crippen LogP contribution >= 0.6 is 0 Å². The fourth-order valence-electron chi connectivity index (χ4n) is 1.78. The molecule has 124 valence electrons. The third kappa shape index (κ3) is 4.80. The number of benzene rings is 2. The zero-order valence-corrected chi connectivity index (χ0v) is 12.8. The molecule has 0 aliphatic rings. The molecular weight excluding hydrogens is 314 g/mol. The van der Waals surface area contributed by atoms with E-state index >= 15 is 0 Å². The Morgan fingerprint density at radius 3 is 2.58 bits per heavy atom. The second-order valence-electron chi connectivity index (χ2n) is 4.85. The largest absolute Gasteiger partial charge is 0.482 e. The summed E-state index contributed by atoms with van der Waals surface area (Å²) in [7, 11) is 0. The Labute approximate surface area is 137 Å². The van der Waals surface area contributed by atoms with Crippen molar-refractivity contribution in [3.05, 3.63) is 69.8 Å². The first-order chi connectivity index (χ1) is 11.5. The standard InChI is InChI=1S/C16H15N3O5/c1-11-3-2-4-14(9-11)23-10-15(20)24-18-16(17)12-5-7-13(8-6-12)19(21)22/h2-9H,10H2,1H3,(H2,17,18). The minimum atomic E-state index is -0.721. The second kappa shape index (κ2) is 7.73. The molecule has 0 amide bonds. The van der Waals surface area contributed by atoms with Gasteiger partial charge in [0.05, 0.1) is 4.92 Å². The molecule has 0 fully saturated rings. The molecule has 0 atom stereocenters. The van der Waals surface area contributed by atoms with Crippen LogP contribution in [0.1, 0.15) is 11.1 Å². The van der Waals surface area contributed by atoms with Crippen molar-refractivity contribution >= 4 is 17.5 Å². The predicted octanol–water partition coefficient (Wildman–Crippen LogP) is 2.15. The smallest absolute Gasteiger partial charge is 0.372 e. The molecule has 2 N–H and O–H groups in total. The number of rotatable bonds is 6. The SMILES string of the molecule is Cc1cccc(OCC(=O)O/N=C(/N)c2ccc([N+](=O)[O-])cc2)c1. The average molecular weight is 329 g/mol. The number of amidine groups is 1. The van der Waals surface area contributed by atoms with Gasteiger partial charge in [-0.25, -0.2) is 4.79 Å². The highest BCUT2D eigenvalue weighted by molar-refractivity contribution is 5.97. The van der Waals surface area contributed by atoms with Crippen LogP contribution in [0.3, 0.4) is 0 Å².